The third kappa shape index (κ3) is 9.69. The minimum absolute atomic E-state index is 0.0177. The van der Waals surface area contributed by atoms with Crippen LogP contribution in [0.1, 0.15) is 78.1 Å². The number of methoxy groups -OCH3 is 1. The van der Waals surface area contributed by atoms with E-state index in [0.717, 1.165) is 30.8 Å². The standard InChI is InChI=1S/C42H53N7O10S/c1-23(2)44-39-46-33(22-60-39)32-19-35(29-15-13-27(56-4)17-31(29)45-32)57-28-18-34-36(50)48-42(38(52)53)20-24(42)9-5-6-12-26(58-40(54)43-3)14-16-30(37(51)49(34)21-28)47-41(55)59-25-10-7-8-11-25/h5,9,13,15,17,19,22-26,28,30,34H,6-8,10-12,14,16,18,20-21H2,1-4H3,(H,43,54)(H,44,46)(H,47,55)(H,48,50)(H,52,53)/b9-5-/t24-,26?,28-,30+,34+,42-/m1/s1. The van der Waals surface area contributed by atoms with Crippen molar-refractivity contribution in [1.29, 1.82) is 0 Å². The van der Waals surface area contributed by atoms with Gasteiger partial charge in [0.05, 0.1) is 24.9 Å². The van der Waals surface area contributed by atoms with E-state index < -0.39 is 65.7 Å². The molecule has 18 heteroatoms. The molecule has 4 heterocycles. The summed E-state index contributed by atoms with van der Waals surface area (Å²) in [5, 5.41) is 25.0. The molecule has 2 aliphatic carbocycles. The van der Waals surface area contributed by atoms with E-state index in [1.807, 2.05) is 31.4 Å². The predicted molar refractivity (Wildman–Crippen MR) is 222 cm³/mol. The normalized spacial score (nSPS) is 26.5. The molecular formula is C42H53N7O10S. The Morgan fingerprint density at radius 2 is 1.75 bits per heavy atom. The number of nitrogens with one attached hydrogen (secondary N) is 4. The molecule has 6 atom stereocenters. The number of rotatable bonds is 10. The van der Waals surface area contributed by atoms with Crippen molar-refractivity contribution >= 4 is 57.3 Å². The Kier molecular flexibility index (Phi) is 13.0. The van der Waals surface area contributed by atoms with Crippen LogP contribution in [0.4, 0.5) is 14.7 Å². The first-order valence-corrected chi connectivity index (χ1v) is 21.5. The number of aromatic nitrogens is 2. The molecule has 4 aliphatic rings. The van der Waals surface area contributed by atoms with E-state index in [0.29, 0.717) is 46.6 Å². The molecule has 1 unspecified atom stereocenters. The number of carboxylic acids is 1. The first-order valence-electron chi connectivity index (χ1n) is 20.6. The highest BCUT2D eigenvalue weighted by Gasteiger charge is 2.61. The van der Waals surface area contributed by atoms with E-state index in [4.69, 9.17) is 28.9 Å². The highest BCUT2D eigenvalue weighted by atomic mass is 32.1. The van der Waals surface area contributed by atoms with Crippen molar-refractivity contribution in [3.63, 3.8) is 0 Å². The van der Waals surface area contributed by atoms with Gasteiger partial charge < -0.3 is 50.2 Å². The Hall–Kier alpha value is -5.65. The van der Waals surface area contributed by atoms with Gasteiger partial charge in [-0.3, -0.25) is 9.59 Å². The van der Waals surface area contributed by atoms with Crippen LogP contribution in [0.2, 0.25) is 0 Å². The first kappa shape index (κ1) is 42.5. The second-order valence-corrected chi connectivity index (χ2v) is 17.0. The van der Waals surface area contributed by atoms with E-state index >= 15 is 0 Å². The largest absolute Gasteiger partial charge is 0.497 e. The molecule has 1 aromatic carbocycles. The Labute approximate surface area is 352 Å². The summed E-state index contributed by atoms with van der Waals surface area (Å²) in [5.74, 6) is -1.88. The molecule has 60 heavy (non-hydrogen) atoms. The smallest absolute Gasteiger partial charge is 0.408 e. The average Bonchev–Trinajstić information content (AvgIpc) is 3.65. The van der Waals surface area contributed by atoms with E-state index in [9.17, 15) is 29.1 Å². The number of alkyl carbamates (subject to hydrolysis) is 2. The lowest BCUT2D eigenvalue weighted by atomic mass is 10.0. The van der Waals surface area contributed by atoms with Crippen molar-refractivity contribution in [2.45, 2.75) is 120 Å². The monoisotopic (exact) mass is 847 g/mol. The average molecular weight is 848 g/mol. The molecule has 2 aliphatic heterocycles. The second kappa shape index (κ2) is 18.3. The summed E-state index contributed by atoms with van der Waals surface area (Å²) >= 11 is 1.45. The zero-order valence-corrected chi connectivity index (χ0v) is 35.0. The molecule has 3 aromatic rings. The van der Waals surface area contributed by atoms with E-state index in [1.165, 1.54) is 23.3 Å². The van der Waals surface area contributed by atoms with Gasteiger partial charge in [-0.1, -0.05) is 12.2 Å². The fourth-order valence-corrected chi connectivity index (χ4v) is 9.07. The molecule has 17 nitrogen and oxygen atoms in total. The van der Waals surface area contributed by atoms with Crippen molar-refractivity contribution in [2.75, 3.05) is 26.0 Å². The van der Waals surface area contributed by atoms with Crippen molar-refractivity contribution in [3.05, 3.63) is 41.8 Å². The highest BCUT2D eigenvalue weighted by Crippen LogP contribution is 2.46. The van der Waals surface area contributed by atoms with Crippen LogP contribution in [0.25, 0.3) is 22.3 Å². The number of pyridine rings is 1. The summed E-state index contributed by atoms with van der Waals surface area (Å²) < 4.78 is 23.6. The molecule has 2 saturated carbocycles. The number of amides is 4. The summed E-state index contributed by atoms with van der Waals surface area (Å²) in [6, 6.07) is 5.01. The van der Waals surface area contributed by atoms with Gasteiger partial charge in [0.15, 0.2) is 5.13 Å². The fourth-order valence-electron chi connectivity index (χ4n) is 8.22. The third-order valence-electron chi connectivity index (χ3n) is 11.5. The first-order chi connectivity index (χ1) is 28.8. The number of ether oxygens (including phenoxy) is 4. The lowest BCUT2D eigenvalue weighted by Crippen LogP contribution is -2.56. The van der Waals surface area contributed by atoms with Gasteiger partial charge in [-0.2, -0.15) is 0 Å². The van der Waals surface area contributed by atoms with Crippen molar-refractivity contribution < 1.29 is 48.0 Å². The number of hydrogen-bond donors (Lipinski definition) is 5. The number of nitrogens with zero attached hydrogens (tertiary/aromatic N) is 3. The number of carbonyl (C=O) groups is 5. The second-order valence-electron chi connectivity index (χ2n) is 16.2. The van der Waals surface area contributed by atoms with Crippen LogP contribution in [0.15, 0.2) is 41.8 Å². The summed E-state index contributed by atoms with van der Waals surface area (Å²) in [4.78, 5) is 78.5. The third-order valence-corrected chi connectivity index (χ3v) is 12.3. The highest BCUT2D eigenvalue weighted by molar-refractivity contribution is 7.14. The summed E-state index contributed by atoms with van der Waals surface area (Å²) in [5.41, 5.74) is 0.171. The fraction of sp³-hybridized carbons (Fsp3) is 0.548. The number of thiazole rings is 1. The number of aliphatic carboxylic acids is 1. The van der Waals surface area contributed by atoms with Gasteiger partial charge in [-0.05, 0) is 83.8 Å². The minimum atomic E-state index is -1.56. The number of allylic oxidation sites excluding steroid dienone is 1. The van der Waals surface area contributed by atoms with Gasteiger partial charge >= 0.3 is 18.2 Å². The Bertz CT molecular complexity index is 2120. The Balaban J connectivity index is 1.22. The van der Waals surface area contributed by atoms with Crippen LogP contribution in [-0.2, 0) is 23.9 Å². The number of carboxylic acid groups (broad SMARTS) is 1. The molecule has 3 fully saturated rings. The van der Waals surface area contributed by atoms with Crippen LogP contribution in [0.3, 0.4) is 0 Å². The minimum Gasteiger partial charge on any atom is -0.497 e. The van der Waals surface area contributed by atoms with Crippen LogP contribution in [0, 0.1) is 5.92 Å². The molecule has 0 spiro atoms. The molecule has 4 amide bonds. The number of fused-ring (bicyclic) bond motifs is 3. The van der Waals surface area contributed by atoms with Gasteiger partial charge in [0.2, 0.25) is 11.8 Å². The van der Waals surface area contributed by atoms with E-state index in [-0.39, 0.29) is 44.4 Å². The molecule has 0 bridgehead atoms. The maximum absolute atomic E-state index is 14.8. The Morgan fingerprint density at radius 1 is 0.983 bits per heavy atom. The van der Waals surface area contributed by atoms with E-state index in [2.05, 4.69) is 21.3 Å². The van der Waals surface area contributed by atoms with Crippen molar-refractivity contribution in [1.82, 2.24) is 30.8 Å². The lowest BCUT2D eigenvalue weighted by Gasteiger charge is -2.30. The maximum Gasteiger partial charge on any atom is 0.408 e. The van der Waals surface area contributed by atoms with Crippen LogP contribution in [-0.4, -0.2) is 113 Å². The zero-order chi connectivity index (χ0) is 42.6. The molecule has 0 radical (unpaired) electrons. The molecule has 5 N–H and O–H groups in total. The summed E-state index contributed by atoms with van der Waals surface area (Å²) in [7, 11) is 3.01. The quantitative estimate of drug-likeness (QED) is 0.162. The van der Waals surface area contributed by atoms with Crippen LogP contribution >= 0.6 is 11.3 Å². The molecular weight excluding hydrogens is 795 g/mol. The molecule has 1 saturated heterocycles. The SMILES string of the molecule is CNC(=O)OC1CC/C=C\[C@@H]2C[C@@]2(C(=O)O)NC(=O)[C@@H]2C[C@@H](Oc3cc(-c4csc(NC(C)C)n4)nc4cc(OC)ccc34)CN2C(=O)[C@@H](NC(=O)OC2CCCC2)CC1. The van der Waals surface area contributed by atoms with Gasteiger partial charge in [-0.25, -0.2) is 24.4 Å². The summed E-state index contributed by atoms with van der Waals surface area (Å²) in [6.07, 6.45) is 5.09. The number of benzene rings is 1. The van der Waals surface area contributed by atoms with Crippen molar-refractivity contribution in [2.24, 2.45) is 5.92 Å². The number of hydrogen-bond acceptors (Lipinski definition) is 13. The summed E-state index contributed by atoms with van der Waals surface area (Å²) in [6.45, 7) is 3.98. The Morgan fingerprint density at radius 3 is 2.48 bits per heavy atom. The van der Waals surface area contributed by atoms with Gasteiger partial charge in [0.1, 0.15) is 53.1 Å². The number of anilines is 1. The predicted octanol–water partition coefficient (Wildman–Crippen LogP) is 5.39. The van der Waals surface area contributed by atoms with Gasteiger partial charge in [-0.15, -0.1) is 11.3 Å². The van der Waals surface area contributed by atoms with Crippen LogP contribution in [0.5, 0.6) is 11.5 Å². The van der Waals surface area contributed by atoms with Crippen molar-refractivity contribution in [3.8, 4) is 22.9 Å². The van der Waals surface area contributed by atoms with E-state index in [1.54, 1.807) is 31.4 Å². The van der Waals surface area contributed by atoms with Crippen LogP contribution < -0.4 is 30.7 Å². The van der Waals surface area contributed by atoms with Gasteiger partial charge in [0, 0.05) is 48.3 Å². The molecule has 322 valence electrons. The number of carbonyl (C=O) groups excluding carboxylic acids is 4. The maximum atomic E-state index is 14.8. The molecule has 7 rings (SSSR count). The lowest BCUT2D eigenvalue weighted by molar-refractivity contribution is -0.145. The van der Waals surface area contributed by atoms with Gasteiger partial charge in [0.25, 0.3) is 0 Å². The molecule has 2 aromatic heterocycles. The zero-order valence-electron chi connectivity index (χ0n) is 34.2. The topological polar surface area (TPSA) is 220 Å².